The molecule has 0 spiro atoms. The van der Waals surface area contributed by atoms with Crippen LogP contribution >= 0.6 is 0 Å². The van der Waals surface area contributed by atoms with Gasteiger partial charge in [0.1, 0.15) is 5.78 Å². The second-order valence-electron chi connectivity index (χ2n) is 7.02. The van der Waals surface area contributed by atoms with Gasteiger partial charge in [-0.1, -0.05) is 50.1 Å². The number of carbonyl (C=O) groups is 1. The molecule has 2 nitrogen and oxygen atoms in total. The summed E-state index contributed by atoms with van der Waals surface area (Å²) < 4.78 is 0. The van der Waals surface area contributed by atoms with Crippen LogP contribution in [0.15, 0.2) is 24.3 Å². The van der Waals surface area contributed by atoms with Crippen molar-refractivity contribution in [1.29, 1.82) is 0 Å². The zero-order valence-electron chi connectivity index (χ0n) is 13.3. The summed E-state index contributed by atoms with van der Waals surface area (Å²) >= 11 is 0. The van der Waals surface area contributed by atoms with E-state index in [1.165, 1.54) is 17.5 Å². The van der Waals surface area contributed by atoms with Crippen LogP contribution < -0.4 is 0 Å². The van der Waals surface area contributed by atoms with Crippen LogP contribution in [-0.2, 0) is 11.3 Å². The maximum absolute atomic E-state index is 12.5. The van der Waals surface area contributed by atoms with Gasteiger partial charge >= 0.3 is 0 Å². The molecule has 20 heavy (non-hydrogen) atoms. The largest absolute Gasteiger partial charge is 0.301 e. The highest BCUT2D eigenvalue weighted by Gasteiger charge is 2.37. The Balaban J connectivity index is 1.94. The highest BCUT2D eigenvalue weighted by Crippen LogP contribution is 2.35. The van der Waals surface area contributed by atoms with Crippen LogP contribution in [0.3, 0.4) is 0 Å². The molecule has 0 amide bonds. The smallest absolute Gasteiger partial charge is 0.142 e. The van der Waals surface area contributed by atoms with Crippen molar-refractivity contribution in [3.8, 4) is 0 Å². The summed E-state index contributed by atoms with van der Waals surface area (Å²) in [4.78, 5) is 14.8. The molecule has 0 heterocycles. The molecule has 1 atom stereocenters. The molecule has 0 aliphatic heterocycles. The summed E-state index contributed by atoms with van der Waals surface area (Å²) in [6, 6.07) is 8.61. The number of benzene rings is 1. The van der Waals surface area contributed by atoms with Gasteiger partial charge in [-0.15, -0.1) is 0 Å². The summed E-state index contributed by atoms with van der Waals surface area (Å²) in [5.74, 6) is 0.674. The van der Waals surface area contributed by atoms with Crippen molar-refractivity contribution >= 4 is 5.78 Å². The van der Waals surface area contributed by atoms with Gasteiger partial charge < -0.3 is 4.90 Å². The molecule has 1 aromatic carbocycles. The van der Waals surface area contributed by atoms with Crippen LogP contribution in [0.5, 0.6) is 0 Å². The first-order valence-corrected chi connectivity index (χ1v) is 7.67. The molecule has 0 saturated heterocycles. The zero-order valence-corrected chi connectivity index (χ0v) is 13.3. The summed E-state index contributed by atoms with van der Waals surface area (Å²) in [5, 5.41) is 0. The van der Waals surface area contributed by atoms with Gasteiger partial charge in [0.15, 0.2) is 0 Å². The van der Waals surface area contributed by atoms with E-state index in [9.17, 15) is 4.79 Å². The van der Waals surface area contributed by atoms with Gasteiger partial charge in [-0.2, -0.15) is 0 Å². The summed E-state index contributed by atoms with van der Waals surface area (Å²) in [5.41, 5.74) is 2.51. The van der Waals surface area contributed by atoms with Gasteiger partial charge in [-0.3, -0.25) is 4.79 Å². The topological polar surface area (TPSA) is 20.3 Å². The van der Waals surface area contributed by atoms with Crippen LogP contribution in [-0.4, -0.2) is 24.3 Å². The standard InChI is InChI=1S/C18H27NO/c1-14-7-5-8-15(11-14)12-19(4)13-16-9-6-10-18(2,3)17(16)20/h5,7-8,11,16H,6,9-10,12-13H2,1-4H3. The number of ketones is 1. The number of rotatable bonds is 4. The Morgan fingerprint density at radius 1 is 1.35 bits per heavy atom. The highest BCUT2D eigenvalue weighted by atomic mass is 16.1. The molecule has 1 unspecified atom stereocenters. The summed E-state index contributed by atoms with van der Waals surface area (Å²) in [6.45, 7) is 8.13. The van der Waals surface area contributed by atoms with E-state index in [4.69, 9.17) is 0 Å². The summed E-state index contributed by atoms with van der Waals surface area (Å²) in [6.07, 6.45) is 3.28. The molecule has 1 aromatic rings. The second kappa shape index (κ2) is 6.09. The van der Waals surface area contributed by atoms with Crippen LogP contribution in [0.2, 0.25) is 0 Å². The van der Waals surface area contributed by atoms with E-state index < -0.39 is 0 Å². The minimum atomic E-state index is -0.118. The van der Waals surface area contributed by atoms with Gasteiger partial charge in [-0.05, 0) is 32.4 Å². The molecule has 0 aromatic heterocycles. The van der Waals surface area contributed by atoms with E-state index in [1.807, 2.05) is 0 Å². The average molecular weight is 273 g/mol. The molecule has 110 valence electrons. The number of aryl methyl sites for hydroxylation is 1. The molecule has 1 aliphatic rings. The van der Waals surface area contributed by atoms with E-state index >= 15 is 0 Å². The maximum atomic E-state index is 12.5. The number of Topliss-reactive ketones (excluding diaryl/α,β-unsaturated/α-hetero) is 1. The second-order valence-corrected chi connectivity index (χ2v) is 7.02. The fourth-order valence-corrected chi connectivity index (χ4v) is 3.33. The number of carbonyl (C=O) groups excluding carboxylic acids is 1. The van der Waals surface area contributed by atoms with Crippen molar-refractivity contribution < 1.29 is 4.79 Å². The fraction of sp³-hybridized carbons (Fsp3) is 0.611. The molecular weight excluding hydrogens is 246 g/mol. The van der Waals surface area contributed by atoms with Crippen LogP contribution in [0.4, 0.5) is 0 Å². The summed E-state index contributed by atoms with van der Waals surface area (Å²) in [7, 11) is 2.12. The average Bonchev–Trinajstić information content (AvgIpc) is 2.35. The van der Waals surface area contributed by atoms with Crippen LogP contribution in [0.25, 0.3) is 0 Å². The minimum absolute atomic E-state index is 0.118. The van der Waals surface area contributed by atoms with E-state index in [1.54, 1.807) is 0 Å². The number of hydrogen-bond donors (Lipinski definition) is 0. The van der Waals surface area contributed by atoms with E-state index in [-0.39, 0.29) is 11.3 Å². The number of nitrogens with zero attached hydrogens (tertiary/aromatic N) is 1. The first-order valence-electron chi connectivity index (χ1n) is 7.67. The van der Waals surface area contributed by atoms with E-state index in [0.717, 1.165) is 25.9 Å². The van der Waals surface area contributed by atoms with E-state index in [2.05, 4.69) is 57.0 Å². The molecule has 0 N–H and O–H groups in total. The quantitative estimate of drug-likeness (QED) is 0.831. The minimum Gasteiger partial charge on any atom is -0.301 e. The van der Waals surface area contributed by atoms with Gasteiger partial charge in [0.05, 0.1) is 0 Å². The Hall–Kier alpha value is -1.15. The normalized spacial score (nSPS) is 22.2. The molecule has 1 saturated carbocycles. The first-order chi connectivity index (χ1) is 9.38. The fourth-order valence-electron chi connectivity index (χ4n) is 3.33. The SMILES string of the molecule is Cc1cccc(CN(C)CC2CCCC(C)(C)C2=O)c1. The van der Waals surface area contributed by atoms with Crippen molar-refractivity contribution in [1.82, 2.24) is 4.90 Å². The van der Waals surface area contributed by atoms with Gasteiger partial charge in [0.25, 0.3) is 0 Å². The lowest BCUT2D eigenvalue weighted by molar-refractivity contribution is -0.134. The third-order valence-electron chi connectivity index (χ3n) is 4.46. The van der Waals surface area contributed by atoms with Crippen molar-refractivity contribution in [3.63, 3.8) is 0 Å². The van der Waals surface area contributed by atoms with E-state index in [0.29, 0.717) is 5.78 Å². The molecule has 0 bridgehead atoms. The Kier molecular flexibility index (Phi) is 4.64. The van der Waals surface area contributed by atoms with Crippen molar-refractivity contribution in [2.75, 3.05) is 13.6 Å². The molecule has 1 fully saturated rings. The van der Waals surface area contributed by atoms with Crippen molar-refractivity contribution in [2.24, 2.45) is 11.3 Å². The zero-order chi connectivity index (χ0) is 14.8. The van der Waals surface area contributed by atoms with Gasteiger partial charge in [-0.25, -0.2) is 0 Å². The Morgan fingerprint density at radius 3 is 2.80 bits per heavy atom. The van der Waals surface area contributed by atoms with Crippen molar-refractivity contribution in [2.45, 2.75) is 46.6 Å². The Bertz CT molecular complexity index is 478. The molecule has 1 aliphatic carbocycles. The predicted molar refractivity (Wildman–Crippen MR) is 83.6 cm³/mol. The lowest BCUT2D eigenvalue weighted by Gasteiger charge is -2.35. The van der Waals surface area contributed by atoms with Crippen LogP contribution in [0.1, 0.15) is 44.2 Å². The molecule has 2 heteroatoms. The lowest BCUT2D eigenvalue weighted by Crippen LogP contribution is -2.40. The van der Waals surface area contributed by atoms with Crippen molar-refractivity contribution in [3.05, 3.63) is 35.4 Å². The third-order valence-corrected chi connectivity index (χ3v) is 4.46. The Morgan fingerprint density at radius 2 is 2.10 bits per heavy atom. The predicted octanol–water partition coefficient (Wildman–Crippen LogP) is 3.82. The first kappa shape index (κ1) is 15.2. The lowest BCUT2D eigenvalue weighted by atomic mass is 9.71. The maximum Gasteiger partial charge on any atom is 0.142 e. The third kappa shape index (κ3) is 3.69. The molecule has 2 rings (SSSR count). The molecule has 0 radical (unpaired) electrons. The van der Waals surface area contributed by atoms with Crippen LogP contribution in [0, 0.1) is 18.3 Å². The molecular formula is C18H27NO. The van der Waals surface area contributed by atoms with Gasteiger partial charge in [0, 0.05) is 24.4 Å². The Labute approximate surface area is 123 Å². The number of hydrogen-bond acceptors (Lipinski definition) is 2. The highest BCUT2D eigenvalue weighted by molar-refractivity contribution is 5.87. The monoisotopic (exact) mass is 273 g/mol. The van der Waals surface area contributed by atoms with Gasteiger partial charge in [0.2, 0.25) is 0 Å².